The van der Waals surface area contributed by atoms with Gasteiger partial charge in [-0.1, -0.05) is 13.3 Å². The zero-order valence-corrected chi connectivity index (χ0v) is 6.84. The molecule has 0 unspecified atom stereocenters. The molecule has 56 valence electrons. The van der Waals surface area contributed by atoms with Gasteiger partial charge >= 0.3 is 0 Å². The summed E-state index contributed by atoms with van der Waals surface area (Å²) in [4.78, 5) is 0. The molecular weight excluding hydrogens is 134 g/mol. The first-order chi connectivity index (χ1) is 3.93. The Labute approximate surface area is 63.6 Å². The molecular formula is C7H16ClN. The van der Waals surface area contributed by atoms with Gasteiger partial charge in [0.2, 0.25) is 0 Å². The summed E-state index contributed by atoms with van der Waals surface area (Å²) in [6, 6.07) is 0.837. The van der Waals surface area contributed by atoms with Crippen LogP contribution in [0.2, 0.25) is 0 Å². The van der Waals surface area contributed by atoms with Crippen LogP contribution >= 0.6 is 12.4 Å². The molecule has 0 aromatic rings. The summed E-state index contributed by atoms with van der Waals surface area (Å²) in [5.41, 5.74) is 0. The van der Waals surface area contributed by atoms with Gasteiger partial charge in [0.05, 0.1) is 0 Å². The van der Waals surface area contributed by atoms with Gasteiger partial charge < -0.3 is 5.32 Å². The van der Waals surface area contributed by atoms with Crippen LogP contribution in [-0.4, -0.2) is 12.6 Å². The SMILES string of the molecule is CC[C@H]1CCCCN1.Cl. The van der Waals surface area contributed by atoms with Crippen LogP contribution in [0.1, 0.15) is 32.6 Å². The zero-order valence-electron chi connectivity index (χ0n) is 6.02. The van der Waals surface area contributed by atoms with Crippen molar-refractivity contribution in [3.63, 3.8) is 0 Å². The predicted molar refractivity (Wildman–Crippen MR) is 43.2 cm³/mol. The summed E-state index contributed by atoms with van der Waals surface area (Å²) in [5.74, 6) is 0. The third-order valence-corrected chi connectivity index (χ3v) is 1.91. The largest absolute Gasteiger partial charge is 0.314 e. The highest BCUT2D eigenvalue weighted by Crippen LogP contribution is 2.08. The molecule has 9 heavy (non-hydrogen) atoms. The van der Waals surface area contributed by atoms with E-state index in [1.54, 1.807) is 0 Å². The van der Waals surface area contributed by atoms with Crippen LogP contribution in [0.4, 0.5) is 0 Å². The first kappa shape index (κ1) is 9.25. The first-order valence-electron chi connectivity index (χ1n) is 3.67. The number of piperidine rings is 1. The van der Waals surface area contributed by atoms with E-state index in [1.165, 1.54) is 32.2 Å². The Bertz CT molecular complexity index is 59.9. The highest BCUT2D eigenvalue weighted by atomic mass is 35.5. The second kappa shape index (κ2) is 5.07. The maximum atomic E-state index is 3.47. The lowest BCUT2D eigenvalue weighted by Gasteiger charge is -2.21. The predicted octanol–water partition coefficient (Wildman–Crippen LogP) is 1.96. The van der Waals surface area contributed by atoms with Crippen molar-refractivity contribution in [3.05, 3.63) is 0 Å². The average Bonchev–Trinajstić information content (AvgIpc) is 1.90. The van der Waals surface area contributed by atoms with E-state index in [9.17, 15) is 0 Å². The molecule has 0 saturated carbocycles. The van der Waals surface area contributed by atoms with Crippen molar-refractivity contribution in [3.8, 4) is 0 Å². The van der Waals surface area contributed by atoms with E-state index in [2.05, 4.69) is 12.2 Å². The Morgan fingerprint density at radius 2 is 2.22 bits per heavy atom. The molecule has 1 atom stereocenters. The molecule has 1 fully saturated rings. The monoisotopic (exact) mass is 149 g/mol. The summed E-state index contributed by atoms with van der Waals surface area (Å²) >= 11 is 0. The summed E-state index contributed by atoms with van der Waals surface area (Å²) in [6.45, 7) is 3.50. The molecule has 1 N–H and O–H groups in total. The van der Waals surface area contributed by atoms with Crippen LogP contribution < -0.4 is 5.32 Å². The fourth-order valence-corrected chi connectivity index (χ4v) is 1.27. The van der Waals surface area contributed by atoms with Gasteiger partial charge in [0, 0.05) is 6.04 Å². The second-order valence-corrected chi connectivity index (χ2v) is 2.56. The van der Waals surface area contributed by atoms with Gasteiger partial charge in [-0.25, -0.2) is 0 Å². The first-order valence-corrected chi connectivity index (χ1v) is 3.67. The van der Waals surface area contributed by atoms with Crippen molar-refractivity contribution in [2.45, 2.75) is 38.6 Å². The van der Waals surface area contributed by atoms with Crippen LogP contribution in [0.3, 0.4) is 0 Å². The van der Waals surface area contributed by atoms with E-state index < -0.39 is 0 Å². The van der Waals surface area contributed by atoms with E-state index in [0.717, 1.165) is 6.04 Å². The summed E-state index contributed by atoms with van der Waals surface area (Å²) < 4.78 is 0. The second-order valence-electron chi connectivity index (χ2n) is 2.56. The van der Waals surface area contributed by atoms with Gasteiger partial charge in [0.25, 0.3) is 0 Å². The molecule has 1 saturated heterocycles. The number of halogens is 1. The highest BCUT2D eigenvalue weighted by molar-refractivity contribution is 5.85. The van der Waals surface area contributed by atoms with E-state index >= 15 is 0 Å². The van der Waals surface area contributed by atoms with Crippen molar-refractivity contribution in [2.24, 2.45) is 0 Å². The number of hydrogen-bond donors (Lipinski definition) is 1. The van der Waals surface area contributed by atoms with Crippen LogP contribution in [0.15, 0.2) is 0 Å². The van der Waals surface area contributed by atoms with Gasteiger partial charge in [-0.3, -0.25) is 0 Å². The lowest BCUT2D eigenvalue weighted by atomic mass is 10.0. The van der Waals surface area contributed by atoms with Crippen LogP contribution in [0.25, 0.3) is 0 Å². The van der Waals surface area contributed by atoms with Crippen molar-refractivity contribution in [1.29, 1.82) is 0 Å². The van der Waals surface area contributed by atoms with Crippen LogP contribution in [-0.2, 0) is 0 Å². The molecule has 2 heteroatoms. The fourth-order valence-electron chi connectivity index (χ4n) is 1.27. The normalized spacial score (nSPS) is 27.0. The van der Waals surface area contributed by atoms with Crippen molar-refractivity contribution in [2.75, 3.05) is 6.54 Å². The quantitative estimate of drug-likeness (QED) is 0.601. The minimum atomic E-state index is 0. The molecule has 0 radical (unpaired) electrons. The lowest BCUT2D eigenvalue weighted by molar-refractivity contribution is 0.393. The molecule has 0 aromatic heterocycles. The molecule has 1 aliphatic heterocycles. The van der Waals surface area contributed by atoms with Crippen molar-refractivity contribution < 1.29 is 0 Å². The minimum absolute atomic E-state index is 0. The Hall–Kier alpha value is 0.250. The van der Waals surface area contributed by atoms with E-state index in [4.69, 9.17) is 0 Å². The van der Waals surface area contributed by atoms with Gasteiger partial charge in [-0.2, -0.15) is 0 Å². The number of nitrogens with one attached hydrogen (secondary N) is 1. The molecule has 1 nitrogen and oxygen atoms in total. The molecule has 0 aromatic carbocycles. The third kappa shape index (κ3) is 3.07. The molecule has 0 aliphatic carbocycles. The Kier molecular flexibility index (Phi) is 5.21. The number of hydrogen-bond acceptors (Lipinski definition) is 1. The number of rotatable bonds is 1. The van der Waals surface area contributed by atoms with Crippen LogP contribution in [0, 0.1) is 0 Å². The highest BCUT2D eigenvalue weighted by Gasteiger charge is 2.08. The molecule has 1 heterocycles. The van der Waals surface area contributed by atoms with Gasteiger partial charge in [-0.05, 0) is 25.8 Å². The topological polar surface area (TPSA) is 12.0 Å². The Balaban J connectivity index is 0.000000640. The van der Waals surface area contributed by atoms with Gasteiger partial charge in [0.1, 0.15) is 0 Å². The van der Waals surface area contributed by atoms with E-state index in [1.807, 2.05) is 0 Å². The zero-order chi connectivity index (χ0) is 5.82. The maximum Gasteiger partial charge on any atom is 0.00644 e. The standard InChI is InChI=1S/C7H15N.ClH/c1-2-7-5-3-4-6-8-7;/h7-8H,2-6H2,1H3;1H/t7-;/m0./s1. The summed E-state index contributed by atoms with van der Waals surface area (Å²) in [6.07, 6.45) is 5.53. The Morgan fingerprint density at radius 1 is 1.44 bits per heavy atom. The van der Waals surface area contributed by atoms with Crippen molar-refractivity contribution in [1.82, 2.24) is 5.32 Å². The molecule has 0 spiro atoms. The third-order valence-electron chi connectivity index (χ3n) is 1.91. The lowest BCUT2D eigenvalue weighted by Crippen LogP contribution is -2.32. The summed E-state index contributed by atoms with van der Waals surface area (Å²) in [7, 11) is 0. The smallest absolute Gasteiger partial charge is 0.00644 e. The molecule has 0 bridgehead atoms. The maximum absolute atomic E-state index is 3.47. The Morgan fingerprint density at radius 3 is 2.56 bits per heavy atom. The van der Waals surface area contributed by atoms with Crippen LogP contribution in [0.5, 0.6) is 0 Å². The van der Waals surface area contributed by atoms with Crippen molar-refractivity contribution >= 4 is 12.4 Å². The van der Waals surface area contributed by atoms with E-state index in [-0.39, 0.29) is 12.4 Å². The molecule has 1 aliphatic rings. The van der Waals surface area contributed by atoms with E-state index in [0.29, 0.717) is 0 Å². The van der Waals surface area contributed by atoms with Gasteiger partial charge in [0.15, 0.2) is 0 Å². The van der Waals surface area contributed by atoms with Gasteiger partial charge in [-0.15, -0.1) is 12.4 Å². The average molecular weight is 150 g/mol. The minimum Gasteiger partial charge on any atom is -0.314 e. The fraction of sp³-hybridized carbons (Fsp3) is 1.00. The summed E-state index contributed by atoms with van der Waals surface area (Å²) in [5, 5.41) is 3.47. The molecule has 0 amide bonds. The molecule has 1 rings (SSSR count).